The van der Waals surface area contributed by atoms with Crippen LogP contribution < -0.4 is 0 Å². The molecule has 1 aromatic heterocycles. The number of aryl methyl sites for hydroxylation is 2. The largest absolute Gasteiger partial charge is 0.299 e. The van der Waals surface area contributed by atoms with Crippen LogP contribution in [0.2, 0.25) is 5.02 Å². The Morgan fingerprint density at radius 3 is 2.75 bits per heavy atom. The van der Waals surface area contributed by atoms with Crippen LogP contribution in [-0.4, -0.2) is 15.6 Å². The van der Waals surface area contributed by atoms with E-state index in [1.807, 2.05) is 18.5 Å². The summed E-state index contributed by atoms with van der Waals surface area (Å²) in [6.45, 7) is 8.28. The van der Waals surface area contributed by atoms with Crippen molar-refractivity contribution in [2.24, 2.45) is 0 Å². The second-order valence-electron chi connectivity index (χ2n) is 3.58. The molecule has 1 aromatic rings. The lowest BCUT2D eigenvalue weighted by Crippen LogP contribution is -2.09. The molecule has 0 fully saturated rings. The van der Waals surface area contributed by atoms with E-state index in [9.17, 15) is 4.79 Å². The van der Waals surface area contributed by atoms with Gasteiger partial charge in [0.1, 0.15) is 5.78 Å². The van der Waals surface area contributed by atoms with E-state index in [2.05, 4.69) is 11.7 Å². The first-order chi connectivity index (χ1) is 7.63. The van der Waals surface area contributed by atoms with E-state index in [0.29, 0.717) is 17.9 Å². The Bertz CT molecular complexity index is 396. The van der Waals surface area contributed by atoms with Gasteiger partial charge < -0.3 is 0 Å². The Balaban J connectivity index is 2.97. The molecule has 0 amide bonds. The van der Waals surface area contributed by atoms with Gasteiger partial charge in [-0.25, -0.2) is 0 Å². The molecule has 0 aliphatic rings. The van der Waals surface area contributed by atoms with Gasteiger partial charge in [-0.3, -0.25) is 9.48 Å². The van der Waals surface area contributed by atoms with E-state index in [1.165, 1.54) is 0 Å². The van der Waals surface area contributed by atoms with Crippen molar-refractivity contribution < 1.29 is 4.79 Å². The highest BCUT2D eigenvalue weighted by atomic mass is 35.5. The first-order valence-corrected chi connectivity index (χ1v) is 5.88. The molecule has 0 spiro atoms. The summed E-state index contributed by atoms with van der Waals surface area (Å²) < 4.78 is 1.81. The fraction of sp³-hybridized carbons (Fsp3) is 0.500. The van der Waals surface area contributed by atoms with Gasteiger partial charge in [0.05, 0.1) is 22.8 Å². The fourth-order valence-corrected chi connectivity index (χ4v) is 1.94. The molecule has 0 aromatic carbocycles. The van der Waals surface area contributed by atoms with Gasteiger partial charge in [0.15, 0.2) is 0 Å². The highest BCUT2D eigenvalue weighted by molar-refractivity contribution is 6.32. The van der Waals surface area contributed by atoms with Crippen molar-refractivity contribution in [1.29, 1.82) is 0 Å². The minimum atomic E-state index is 0.120. The Labute approximate surface area is 101 Å². The lowest BCUT2D eigenvalue weighted by atomic mass is 10.1. The smallest absolute Gasteiger partial charge is 0.142 e. The maximum Gasteiger partial charge on any atom is 0.142 e. The molecule has 0 aliphatic carbocycles. The number of Topliss-reactive ketones (excluding diaryl/α,β-unsaturated/α-hetero) is 1. The summed E-state index contributed by atoms with van der Waals surface area (Å²) in [6.07, 6.45) is 3.12. The predicted octanol–water partition coefficient (Wildman–Crippen LogP) is 2.81. The first kappa shape index (κ1) is 13.0. The molecule has 1 rings (SSSR count). The monoisotopic (exact) mass is 240 g/mol. The minimum absolute atomic E-state index is 0.120. The third-order valence-corrected chi connectivity index (χ3v) is 2.87. The minimum Gasteiger partial charge on any atom is -0.299 e. The number of carbonyl (C=O) groups is 1. The number of aromatic nitrogens is 2. The average molecular weight is 241 g/mol. The Morgan fingerprint density at radius 1 is 1.56 bits per heavy atom. The molecule has 0 radical (unpaired) electrons. The van der Waals surface area contributed by atoms with Crippen LogP contribution in [0.4, 0.5) is 0 Å². The molecule has 4 heteroatoms. The lowest BCUT2D eigenvalue weighted by molar-refractivity contribution is -0.117. The average Bonchev–Trinajstić information content (AvgIpc) is 2.56. The number of hydrogen-bond donors (Lipinski definition) is 0. The quantitative estimate of drug-likeness (QED) is 0.717. The second kappa shape index (κ2) is 5.85. The number of hydrogen-bond acceptors (Lipinski definition) is 2. The van der Waals surface area contributed by atoms with Gasteiger partial charge >= 0.3 is 0 Å². The summed E-state index contributed by atoms with van der Waals surface area (Å²) >= 11 is 6.19. The van der Waals surface area contributed by atoms with Crippen LogP contribution in [0.25, 0.3) is 0 Å². The van der Waals surface area contributed by atoms with Gasteiger partial charge in [-0.15, -0.1) is 6.58 Å². The van der Waals surface area contributed by atoms with Crippen molar-refractivity contribution in [1.82, 2.24) is 9.78 Å². The molecular formula is C12H17ClN2O. The highest BCUT2D eigenvalue weighted by Gasteiger charge is 2.16. The zero-order chi connectivity index (χ0) is 12.1. The Morgan fingerprint density at radius 2 is 2.25 bits per heavy atom. The molecule has 88 valence electrons. The van der Waals surface area contributed by atoms with Gasteiger partial charge in [-0.2, -0.15) is 5.10 Å². The summed E-state index contributed by atoms with van der Waals surface area (Å²) in [6, 6.07) is 0. The van der Waals surface area contributed by atoms with Crippen molar-refractivity contribution in [2.45, 2.75) is 39.7 Å². The van der Waals surface area contributed by atoms with Gasteiger partial charge in [0.25, 0.3) is 0 Å². The van der Waals surface area contributed by atoms with E-state index in [4.69, 9.17) is 11.6 Å². The van der Waals surface area contributed by atoms with Crippen LogP contribution in [-0.2, 0) is 24.2 Å². The van der Waals surface area contributed by atoms with Crippen LogP contribution in [0.1, 0.15) is 31.7 Å². The van der Waals surface area contributed by atoms with Gasteiger partial charge in [0, 0.05) is 13.0 Å². The number of carbonyl (C=O) groups excluding carboxylic acids is 1. The molecule has 0 atom stereocenters. The molecule has 1 heterocycles. The summed E-state index contributed by atoms with van der Waals surface area (Å²) in [7, 11) is 0. The molecule has 0 saturated carbocycles. The van der Waals surface area contributed by atoms with Crippen LogP contribution in [0, 0.1) is 0 Å². The third-order valence-electron chi connectivity index (χ3n) is 2.43. The maximum absolute atomic E-state index is 11.6. The van der Waals surface area contributed by atoms with Crippen LogP contribution in [0.5, 0.6) is 0 Å². The van der Waals surface area contributed by atoms with Crippen LogP contribution in [0.15, 0.2) is 12.7 Å². The highest BCUT2D eigenvalue weighted by Crippen LogP contribution is 2.22. The second-order valence-corrected chi connectivity index (χ2v) is 3.96. The van der Waals surface area contributed by atoms with Crippen molar-refractivity contribution in [3.63, 3.8) is 0 Å². The van der Waals surface area contributed by atoms with E-state index < -0.39 is 0 Å². The fourth-order valence-electron chi connectivity index (χ4n) is 1.61. The van der Waals surface area contributed by atoms with E-state index in [-0.39, 0.29) is 5.78 Å². The normalized spacial score (nSPS) is 10.4. The summed E-state index contributed by atoms with van der Waals surface area (Å²) in [5.41, 5.74) is 1.69. The molecule has 0 aliphatic heterocycles. The molecule has 0 saturated heterocycles. The topological polar surface area (TPSA) is 34.9 Å². The molecule has 16 heavy (non-hydrogen) atoms. The molecule has 0 bridgehead atoms. The standard InChI is InChI=1S/C12H17ClN2O/c1-4-7-9(16)8-11-12(13)10(5-2)14-15(11)6-3/h4H,1,5-8H2,2-3H3. The predicted molar refractivity (Wildman–Crippen MR) is 65.8 cm³/mol. The molecule has 0 N–H and O–H groups in total. The summed E-state index contributed by atoms with van der Waals surface area (Å²) in [5.74, 6) is 0.120. The van der Waals surface area contributed by atoms with Crippen molar-refractivity contribution in [2.75, 3.05) is 0 Å². The van der Waals surface area contributed by atoms with Crippen molar-refractivity contribution >= 4 is 17.4 Å². The van der Waals surface area contributed by atoms with Crippen molar-refractivity contribution in [3.05, 3.63) is 29.1 Å². The van der Waals surface area contributed by atoms with Gasteiger partial charge in [-0.1, -0.05) is 24.6 Å². The Kier molecular flexibility index (Phi) is 4.74. The van der Waals surface area contributed by atoms with Crippen LogP contribution in [0.3, 0.4) is 0 Å². The first-order valence-electron chi connectivity index (χ1n) is 5.50. The van der Waals surface area contributed by atoms with Crippen molar-refractivity contribution in [3.8, 4) is 0 Å². The molecular weight excluding hydrogens is 224 g/mol. The van der Waals surface area contributed by atoms with E-state index in [1.54, 1.807) is 6.08 Å². The zero-order valence-electron chi connectivity index (χ0n) is 9.79. The lowest BCUT2D eigenvalue weighted by Gasteiger charge is -2.03. The van der Waals surface area contributed by atoms with E-state index >= 15 is 0 Å². The van der Waals surface area contributed by atoms with Gasteiger partial charge in [0.2, 0.25) is 0 Å². The summed E-state index contributed by atoms with van der Waals surface area (Å²) in [5, 5.41) is 5.01. The summed E-state index contributed by atoms with van der Waals surface area (Å²) in [4.78, 5) is 11.6. The zero-order valence-corrected chi connectivity index (χ0v) is 10.5. The number of halogens is 1. The molecule has 0 unspecified atom stereocenters. The number of ketones is 1. The van der Waals surface area contributed by atoms with Gasteiger partial charge in [-0.05, 0) is 13.3 Å². The number of rotatable bonds is 6. The number of nitrogens with zero attached hydrogens (tertiary/aromatic N) is 2. The third kappa shape index (κ3) is 2.73. The molecule has 3 nitrogen and oxygen atoms in total. The number of allylic oxidation sites excluding steroid dienone is 1. The SMILES string of the molecule is C=CCC(=O)Cc1c(Cl)c(CC)nn1CC. The maximum atomic E-state index is 11.6. The van der Waals surface area contributed by atoms with E-state index in [0.717, 1.165) is 24.4 Å². The Hall–Kier alpha value is -1.09. The van der Waals surface area contributed by atoms with Crippen LogP contribution >= 0.6 is 11.6 Å².